The number of nitrogens with zero attached hydrogens (tertiary/aromatic N) is 2. The van der Waals surface area contributed by atoms with Crippen LogP contribution in [0, 0.1) is 12.7 Å². The van der Waals surface area contributed by atoms with E-state index in [1.54, 1.807) is 35.8 Å². The number of carbonyl (C=O) groups is 1. The fourth-order valence-corrected chi connectivity index (χ4v) is 3.32. The number of aromatic nitrogens is 1. The number of benzene rings is 2. The number of pyridine rings is 1. The van der Waals surface area contributed by atoms with Crippen molar-refractivity contribution in [3.05, 3.63) is 71.2 Å². The summed E-state index contributed by atoms with van der Waals surface area (Å²) in [6.07, 6.45) is 2.03. The summed E-state index contributed by atoms with van der Waals surface area (Å²) in [6.45, 7) is 2.32. The van der Waals surface area contributed by atoms with Crippen molar-refractivity contribution < 1.29 is 9.18 Å². The fourth-order valence-electron chi connectivity index (χ4n) is 2.83. The Balaban J connectivity index is 1.93. The van der Waals surface area contributed by atoms with Crippen LogP contribution in [0.5, 0.6) is 0 Å². The Morgan fingerprint density at radius 2 is 2.00 bits per heavy atom. The molecular weight excluding hydrogens is 335 g/mol. The van der Waals surface area contributed by atoms with Gasteiger partial charge in [-0.05, 0) is 49.1 Å². The van der Waals surface area contributed by atoms with Gasteiger partial charge in [0.05, 0.1) is 11.1 Å². The first-order valence-corrected chi connectivity index (χ1v) is 9.15. The van der Waals surface area contributed by atoms with Crippen LogP contribution in [0.15, 0.2) is 53.4 Å². The van der Waals surface area contributed by atoms with Gasteiger partial charge in [0.15, 0.2) is 0 Å². The molecule has 128 valence electrons. The van der Waals surface area contributed by atoms with Crippen LogP contribution in [0.2, 0.25) is 0 Å². The number of hydrogen-bond donors (Lipinski definition) is 0. The molecule has 0 bridgehead atoms. The van der Waals surface area contributed by atoms with E-state index in [9.17, 15) is 9.18 Å². The minimum Gasteiger partial charge on any atom is -0.337 e. The van der Waals surface area contributed by atoms with Gasteiger partial charge in [-0.2, -0.15) is 0 Å². The highest BCUT2D eigenvalue weighted by Gasteiger charge is 2.17. The molecule has 0 atom stereocenters. The molecule has 0 aliphatic rings. The summed E-state index contributed by atoms with van der Waals surface area (Å²) in [5.41, 5.74) is 2.82. The summed E-state index contributed by atoms with van der Waals surface area (Å²) >= 11 is 1.67. The highest BCUT2D eigenvalue weighted by atomic mass is 32.2. The number of fused-ring (bicyclic) bond motifs is 1. The zero-order chi connectivity index (χ0) is 18.0. The van der Waals surface area contributed by atoms with Crippen molar-refractivity contribution in [3.63, 3.8) is 0 Å². The molecule has 0 unspecified atom stereocenters. The number of aryl methyl sites for hydroxylation is 1. The van der Waals surface area contributed by atoms with E-state index in [0.717, 1.165) is 5.56 Å². The van der Waals surface area contributed by atoms with Gasteiger partial charge in [-0.25, -0.2) is 4.39 Å². The predicted octanol–water partition coefficient (Wildman–Crippen LogP) is 4.68. The van der Waals surface area contributed by atoms with E-state index in [4.69, 9.17) is 0 Å². The summed E-state index contributed by atoms with van der Waals surface area (Å²) < 4.78 is 13.5. The number of rotatable bonds is 4. The summed E-state index contributed by atoms with van der Waals surface area (Å²) in [7, 11) is 1.78. The normalized spacial score (nSPS) is 10.9. The Kier molecular flexibility index (Phi) is 5.04. The lowest BCUT2D eigenvalue weighted by molar-refractivity contribution is 0.0787. The lowest BCUT2D eigenvalue weighted by atomic mass is 10.1. The number of halogens is 1. The third-order valence-electron chi connectivity index (χ3n) is 4.03. The van der Waals surface area contributed by atoms with Gasteiger partial charge in [0.1, 0.15) is 5.82 Å². The number of carbonyl (C=O) groups excluding carboxylic acids is 1. The molecule has 1 heterocycles. The van der Waals surface area contributed by atoms with E-state index in [2.05, 4.69) is 11.1 Å². The van der Waals surface area contributed by atoms with Crippen molar-refractivity contribution in [1.29, 1.82) is 0 Å². The molecular formula is C20H19FN2OS. The number of hydrogen-bond acceptors (Lipinski definition) is 3. The maximum absolute atomic E-state index is 13.5. The number of thioether (sulfide) groups is 1. The number of amides is 1. The zero-order valence-corrected chi connectivity index (χ0v) is 15.2. The lowest BCUT2D eigenvalue weighted by Crippen LogP contribution is -2.26. The zero-order valence-electron chi connectivity index (χ0n) is 14.4. The lowest BCUT2D eigenvalue weighted by Gasteiger charge is -2.19. The van der Waals surface area contributed by atoms with Crippen molar-refractivity contribution in [2.45, 2.75) is 18.4 Å². The van der Waals surface area contributed by atoms with Crippen molar-refractivity contribution in [1.82, 2.24) is 9.88 Å². The Labute approximate surface area is 150 Å². The van der Waals surface area contributed by atoms with Gasteiger partial charge in [0.25, 0.3) is 5.91 Å². The van der Waals surface area contributed by atoms with Crippen LogP contribution in [0.25, 0.3) is 10.9 Å². The van der Waals surface area contributed by atoms with Gasteiger partial charge in [-0.3, -0.25) is 9.78 Å². The average molecular weight is 354 g/mol. The first-order chi connectivity index (χ1) is 12.0. The van der Waals surface area contributed by atoms with Gasteiger partial charge in [0.2, 0.25) is 0 Å². The Morgan fingerprint density at radius 3 is 2.76 bits per heavy atom. The quantitative estimate of drug-likeness (QED) is 0.638. The topological polar surface area (TPSA) is 33.2 Å². The molecule has 0 radical (unpaired) electrons. The van der Waals surface area contributed by atoms with E-state index in [1.165, 1.54) is 17.0 Å². The minimum atomic E-state index is -0.355. The third-order valence-corrected chi connectivity index (χ3v) is 4.76. The molecule has 0 saturated carbocycles. The van der Waals surface area contributed by atoms with Crippen molar-refractivity contribution >= 4 is 28.6 Å². The van der Waals surface area contributed by atoms with Crippen LogP contribution in [-0.2, 0) is 6.54 Å². The highest BCUT2D eigenvalue weighted by molar-refractivity contribution is 7.98. The second-order valence-corrected chi connectivity index (χ2v) is 6.87. The SMILES string of the molecule is CSc1cccc(CN(C)C(=O)c2cc(C)nc3cc(F)ccc23)c1. The van der Waals surface area contributed by atoms with Gasteiger partial charge < -0.3 is 4.90 Å². The van der Waals surface area contributed by atoms with Crippen LogP contribution in [-0.4, -0.2) is 29.1 Å². The summed E-state index contributed by atoms with van der Waals surface area (Å²) in [6, 6.07) is 14.2. The Morgan fingerprint density at radius 1 is 1.20 bits per heavy atom. The Hall–Kier alpha value is -2.40. The van der Waals surface area contributed by atoms with Gasteiger partial charge in [-0.1, -0.05) is 12.1 Å². The molecule has 0 aliphatic carbocycles. The van der Waals surface area contributed by atoms with Gasteiger partial charge in [0, 0.05) is 35.6 Å². The van der Waals surface area contributed by atoms with Crippen molar-refractivity contribution in [3.8, 4) is 0 Å². The van der Waals surface area contributed by atoms with Crippen molar-refractivity contribution in [2.24, 2.45) is 0 Å². The fraction of sp³-hybridized carbons (Fsp3) is 0.200. The van der Waals surface area contributed by atoms with Crippen LogP contribution in [0.1, 0.15) is 21.6 Å². The second kappa shape index (κ2) is 7.23. The highest BCUT2D eigenvalue weighted by Crippen LogP contribution is 2.22. The van der Waals surface area contributed by atoms with Gasteiger partial charge >= 0.3 is 0 Å². The Bertz CT molecular complexity index is 937. The molecule has 25 heavy (non-hydrogen) atoms. The van der Waals surface area contributed by atoms with E-state index in [0.29, 0.717) is 28.7 Å². The molecule has 3 aromatic rings. The van der Waals surface area contributed by atoms with Gasteiger partial charge in [-0.15, -0.1) is 11.8 Å². The molecule has 0 spiro atoms. The molecule has 3 nitrogen and oxygen atoms in total. The molecule has 2 aromatic carbocycles. The largest absolute Gasteiger partial charge is 0.337 e. The van der Waals surface area contributed by atoms with E-state index in [-0.39, 0.29) is 11.7 Å². The average Bonchev–Trinajstić information content (AvgIpc) is 2.60. The predicted molar refractivity (Wildman–Crippen MR) is 100 cm³/mol. The molecule has 1 amide bonds. The molecule has 0 N–H and O–H groups in total. The summed E-state index contributed by atoms with van der Waals surface area (Å²) in [4.78, 5) is 20.1. The maximum Gasteiger partial charge on any atom is 0.254 e. The molecule has 3 rings (SSSR count). The summed E-state index contributed by atoms with van der Waals surface area (Å²) in [5.74, 6) is -0.456. The van der Waals surface area contributed by atoms with Crippen LogP contribution >= 0.6 is 11.8 Å². The molecule has 1 aromatic heterocycles. The van der Waals surface area contributed by atoms with Crippen LogP contribution < -0.4 is 0 Å². The first kappa shape index (κ1) is 17.4. The molecule has 0 saturated heterocycles. The molecule has 0 aliphatic heterocycles. The third kappa shape index (κ3) is 3.82. The maximum atomic E-state index is 13.5. The first-order valence-electron chi connectivity index (χ1n) is 7.93. The van der Waals surface area contributed by atoms with Crippen molar-refractivity contribution in [2.75, 3.05) is 13.3 Å². The summed E-state index contributed by atoms with van der Waals surface area (Å²) in [5, 5.41) is 0.668. The minimum absolute atomic E-state index is 0.100. The van der Waals surface area contributed by atoms with E-state index >= 15 is 0 Å². The monoisotopic (exact) mass is 354 g/mol. The molecule has 0 fully saturated rings. The second-order valence-electron chi connectivity index (χ2n) is 5.99. The van der Waals surface area contributed by atoms with Crippen LogP contribution in [0.3, 0.4) is 0 Å². The standard InChI is InChI=1S/C20H19FN2OS/c1-13-9-18(17-8-7-15(21)11-19(17)22-13)20(24)23(2)12-14-5-4-6-16(10-14)25-3/h4-11H,12H2,1-3H3. The van der Waals surface area contributed by atoms with E-state index < -0.39 is 0 Å². The smallest absolute Gasteiger partial charge is 0.254 e. The molecule has 5 heteroatoms. The van der Waals surface area contributed by atoms with E-state index in [1.807, 2.05) is 31.4 Å². The van der Waals surface area contributed by atoms with Crippen LogP contribution in [0.4, 0.5) is 4.39 Å².